The Bertz CT molecular complexity index is 651. The van der Waals surface area contributed by atoms with Gasteiger partial charge < -0.3 is 10.1 Å². The average molecular weight is 478 g/mol. The molecule has 0 radical (unpaired) electrons. The van der Waals surface area contributed by atoms with E-state index in [2.05, 4.69) is 53.1 Å². The third-order valence-corrected chi connectivity index (χ3v) is 4.55. The minimum absolute atomic E-state index is 0.0601. The van der Waals surface area contributed by atoms with Crippen LogP contribution in [0.2, 0.25) is 0 Å². The molecule has 2 aromatic rings. The van der Waals surface area contributed by atoms with Crippen molar-refractivity contribution in [3.8, 4) is 5.75 Å². The summed E-state index contributed by atoms with van der Waals surface area (Å²) >= 11 is 10.3. The summed E-state index contributed by atoms with van der Waals surface area (Å²) in [5.41, 5.74) is 1.79. The lowest BCUT2D eigenvalue weighted by atomic mass is 10.2. The fourth-order valence-corrected chi connectivity index (χ4v) is 3.71. The van der Waals surface area contributed by atoms with Gasteiger partial charge in [-0.2, -0.15) is 0 Å². The van der Waals surface area contributed by atoms with Crippen LogP contribution in [0.1, 0.15) is 5.56 Å². The van der Waals surface area contributed by atoms with E-state index in [1.807, 2.05) is 37.3 Å². The van der Waals surface area contributed by atoms with Crippen molar-refractivity contribution in [2.75, 3.05) is 11.9 Å². The Balaban J connectivity index is 2.01. The molecular formula is C15H12Br3NO2. The first-order chi connectivity index (χ1) is 9.97. The number of hydrogen-bond acceptors (Lipinski definition) is 2. The van der Waals surface area contributed by atoms with Crippen molar-refractivity contribution in [1.29, 1.82) is 0 Å². The maximum atomic E-state index is 12.0. The number of ether oxygens (including phenoxy) is 1. The molecule has 2 aromatic carbocycles. The highest BCUT2D eigenvalue weighted by molar-refractivity contribution is 9.11. The van der Waals surface area contributed by atoms with Crippen LogP contribution >= 0.6 is 47.8 Å². The third-order valence-electron chi connectivity index (χ3n) is 2.65. The number of para-hydroxylation sites is 1. The van der Waals surface area contributed by atoms with E-state index < -0.39 is 0 Å². The van der Waals surface area contributed by atoms with Crippen molar-refractivity contribution >= 4 is 59.4 Å². The normalized spacial score (nSPS) is 10.3. The van der Waals surface area contributed by atoms with E-state index >= 15 is 0 Å². The van der Waals surface area contributed by atoms with Gasteiger partial charge >= 0.3 is 0 Å². The van der Waals surface area contributed by atoms with Crippen molar-refractivity contribution in [2.24, 2.45) is 0 Å². The molecule has 0 fully saturated rings. The van der Waals surface area contributed by atoms with E-state index in [1.165, 1.54) is 0 Å². The maximum Gasteiger partial charge on any atom is 0.262 e. The van der Waals surface area contributed by atoms with Crippen LogP contribution < -0.4 is 10.1 Å². The van der Waals surface area contributed by atoms with Gasteiger partial charge in [-0.3, -0.25) is 4.79 Å². The Kier molecular flexibility index (Phi) is 5.84. The average Bonchev–Trinajstić information content (AvgIpc) is 2.42. The first-order valence-corrected chi connectivity index (χ1v) is 8.48. The van der Waals surface area contributed by atoms with E-state index in [9.17, 15) is 4.79 Å². The molecule has 0 spiro atoms. The fourth-order valence-electron chi connectivity index (χ4n) is 1.70. The number of nitrogens with one attached hydrogen (secondary N) is 1. The van der Waals surface area contributed by atoms with Crippen LogP contribution in [-0.2, 0) is 4.79 Å². The molecule has 21 heavy (non-hydrogen) atoms. The van der Waals surface area contributed by atoms with E-state index in [4.69, 9.17) is 4.74 Å². The van der Waals surface area contributed by atoms with Crippen LogP contribution in [0.5, 0.6) is 5.75 Å². The molecule has 0 heterocycles. The molecular weight excluding hydrogens is 466 g/mol. The fraction of sp³-hybridized carbons (Fsp3) is 0.133. The van der Waals surface area contributed by atoms with Crippen LogP contribution in [0.3, 0.4) is 0 Å². The lowest BCUT2D eigenvalue weighted by Crippen LogP contribution is -2.20. The van der Waals surface area contributed by atoms with Gasteiger partial charge in [-0.1, -0.05) is 12.1 Å². The number of anilines is 1. The summed E-state index contributed by atoms with van der Waals surface area (Å²) in [6.45, 7) is 1.92. The Morgan fingerprint density at radius 1 is 1.10 bits per heavy atom. The van der Waals surface area contributed by atoms with Gasteiger partial charge in [-0.05, 0) is 84.5 Å². The molecule has 2 rings (SSSR count). The predicted molar refractivity (Wildman–Crippen MR) is 94.8 cm³/mol. The number of rotatable bonds is 4. The predicted octanol–water partition coefficient (Wildman–Crippen LogP) is 5.30. The van der Waals surface area contributed by atoms with Crippen molar-refractivity contribution in [3.63, 3.8) is 0 Å². The quantitative estimate of drug-likeness (QED) is 0.649. The first-order valence-electron chi connectivity index (χ1n) is 6.10. The van der Waals surface area contributed by atoms with Gasteiger partial charge in [0.15, 0.2) is 6.61 Å². The molecule has 110 valence electrons. The Morgan fingerprint density at radius 2 is 1.71 bits per heavy atom. The van der Waals surface area contributed by atoms with Gasteiger partial charge in [0, 0.05) is 8.95 Å². The third kappa shape index (κ3) is 4.56. The van der Waals surface area contributed by atoms with Crippen LogP contribution in [0.4, 0.5) is 5.69 Å². The summed E-state index contributed by atoms with van der Waals surface area (Å²) in [5.74, 6) is 0.408. The van der Waals surface area contributed by atoms with Gasteiger partial charge in [0.25, 0.3) is 5.91 Å². The second-order valence-electron chi connectivity index (χ2n) is 4.37. The molecule has 0 aliphatic carbocycles. The summed E-state index contributed by atoms with van der Waals surface area (Å²) in [5, 5.41) is 2.82. The molecule has 1 N–H and O–H groups in total. The van der Waals surface area contributed by atoms with Gasteiger partial charge in [-0.25, -0.2) is 0 Å². The van der Waals surface area contributed by atoms with Gasteiger partial charge in [0.05, 0.1) is 10.2 Å². The second-order valence-corrected chi connectivity index (χ2v) is 6.93. The highest BCUT2D eigenvalue weighted by Crippen LogP contribution is 2.32. The minimum Gasteiger partial charge on any atom is -0.483 e. The standard InChI is InChI=1S/C15H12Br3NO2/c1-9-6-11(17)15(12(18)7-9)19-14(20)8-21-13-5-3-2-4-10(13)16/h2-7H,8H2,1H3,(H,19,20). The summed E-state index contributed by atoms with van der Waals surface area (Å²) in [4.78, 5) is 12.0. The van der Waals surface area contributed by atoms with Gasteiger partial charge in [-0.15, -0.1) is 0 Å². The maximum absolute atomic E-state index is 12.0. The molecule has 0 aliphatic rings. The summed E-state index contributed by atoms with van der Waals surface area (Å²) in [7, 11) is 0. The Labute approximate surface area is 148 Å². The smallest absolute Gasteiger partial charge is 0.262 e. The van der Waals surface area contributed by atoms with Crippen LogP contribution in [0.15, 0.2) is 49.8 Å². The van der Waals surface area contributed by atoms with Crippen molar-refractivity contribution in [1.82, 2.24) is 0 Å². The molecule has 0 atom stereocenters. The number of carbonyl (C=O) groups excluding carboxylic acids is 1. The summed E-state index contributed by atoms with van der Waals surface area (Å²) in [6, 6.07) is 11.3. The van der Waals surface area contributed by atoms with Crippen molar-refractivity contribution in [2.45, 2.75) is 6.92 Å². The van der Waals surface area contributed by atoms with E-state index in [0.717, 1.165) is 19.0 Å². The number of carbonyl (C=O) groups is 1. The van der Waals surface area contributed by atoms with Crippen molar-refractivity contribution in [3.05, 3.63) is 55.4 Å². The van der Waals surface area contributed by atoms with Crippen LogP contribution in [0.25, 0.3) is 0 Å². The molecule has 6 heteroatoms. The molecule has 0 bridgehead atoms. The Hall–Kier alpha value is -0.850. The molecule has 0 aromatic heterocycles. The van der Waals surface area contributed by atoms with E-state index in [0.29, 0.717) is 11.4 Å². The first kappa shape index (κ1) is 16.5. The monoisotopic (exact) mass is 475 g/mol. The van der Waals surface area contributed by atoms with E-state index in [-0.39, 0.29) is 12.5 Å². The number of benzene rings is 2. The molecule has 0 saturated carbocycles. The summed E-state index contributed by atoms with van der Waals surface area (Å²) in [6.07, 6.45) is 0. The number of hydrogen-bond donors (Lipinski definition) is 1. The topological polar surface area (TPSA) is 38.3 Å². The van der Waals surface area contributed by atoms with Crippen LogP contribution in [0, 0.1) is 6.92 Å². The molecule has 0 aliphatic heterocycles. The molecule has 0 saturated heterocycles. The largest absolute Gasteiger partial charge is 0.483 e. The van der Waals surface area contributed by atoms with Crippen molar-refractivity contribution < 1.29 is 9.53 Å². The molecule has 1 amide bonds. The zero-order chi connectivity index (χ0) is 15.4. The second kappa shape index (κ2) is 7.42. The van der Waals surface area contributed by atoms with E-state index in [1.54, 1.807) is 6.07 Å². The zero-order valence-corrected chi connectivity index (χ0v) is 15.9. The van der Waals surface area contributed by atoms with Crippen LogP contribution in [-0.4, -0.2) is 12.5 Å². The summed E-state index contributed by atoms with van der Waals surface area (Å²) < 4.78 is 7.95. The Morgan fingerprint density at radius 3 is 2.33 bits per heavy atom. The number of halogens is 3. The zero-order valence-electron chi connectivity index (χ0n) is 11.1. The highest BCUT2D eigenvalue weighted by Gasteiger charge is 2.11. The molecule has 3 nitrogen and oxygen atoms in total. The highest BCUT2D eigenvalue weighted by atomic mass is 79.9. The van der Waals surface area contributed by atoms with Gasteiger partial charge in [0.2, 0.25) is 0 Å². The lowest BCUT2D eigenvalue weighted by molar-refractivity contribution is -0.118. The molecule has 0 unspecified atom stereocenters. The number of amides is 1. The minimum atomic E-state index is -0.226. The number of aryl methyl sites for hydroxylation is 1. The van der Waals surface area contributed by atoms with Gasteiger partial charge in [0.1, 0.15) is 5.75 Å². The SMILES string of the molecule is Cc1cc(Br)c(NC(=O)COc2ccccc2Br)c(Br)c1. The lowest BCUT2D eigenvalue weighted by Gasteiger charge is -2.12.